The Bertz CT molecular complexity index is 790. The smallest absolute Gasteiger partial charge is 0.408 e. The zero-order valence-corrected chi connectivity index (χ0v) is 11.6. The van der Waals surface area contributed by atoms with E-state index < -0.39 is 0 Å². The summed E-state index contributed by atoms with van der Waals surface area (Å²) in [5.74, 6) is 0.356. The molecule has 6 heteroatoms. The van der Waals surface area contributed by atoms with E-state index >= 15 is 0 Å². The number of aromatic nitrogens is 2. The quantitative estimate of drug-likeness (QED) is 0.788. The molecule has 2 heterocycles. The van der Waals surface area contributed by atoms with Crippen molar-refractivity contribution in [1.29, 1.82) is 0 Å². The van der Waals surface area contributed by atoms with Crippen LogP contribution in [0.4, 0.5) is 11.5 Å². The number of hydrogen-bond donors (Lipinski definition) is 1. The summed E-state index contributed by atoms with van der Waals surface area (Å²) in [6, 6.07) is 9.24. The van der Waals surface area contributed by atoms with E-state index in [1.165, 1.54) is 4.57 Å². The number of anilines is 2. The molecule has 96 valence electrons. The Morgan fingerprint density at radius 3 is 2.89 bits per heavy atom. The summed E-state index contributed by atoms with van der Waals surface area (Å²) in [5.41, 5.74) is 2.13. The summed E-state index contributed by atoms with van der Waals surface area (Å²) in [6.07, 6.45) is 1.71. The number of nitrogens with one attached hydrogen (secondary N) is 1. The normalized spacial score (nSPS) is 10.8. The van der Waals surface area contributed by atoms with Gasteiger partial charge in [0.2, 0.25) is 0 Å². The zero-order valence-electron chi connectivity index (χ0n) is 10.1. The lowest BCUT2D eigenvalue weighted by Crippen LogP contribution is -2.08. The summed E-state index contributed by atoms with van der Waals surface area (Å²) in [4.78, 5) is 15.6. The lowest BCUT2D eigenvalue weighted by molar-refractivity contribution is 0.528. The Balaban J connectivity index is 1.97. The summed E-state index contributed by atoms with van der Waals surface area (Å²) in [5, 5.41) is 3.15. The minimum atomic E-state index is -0.367. The molecule has 3 aromatic rings. The lowest BCUT2D eigenvalue weighted by Gasteiger charge is -2.05. The molecule has 0 saturated carbocycles. The molecule has 0 atom stereocenters. The molecule has 0 bridgehead atoms. The second-order valence-electron chi connectivity index (χ2n) is 4.10. The molecule has 0 saturated heterocycles. The summed E-state index contributed by atoms with van der Waals surface area (Å²) in [6.45, 7) is 0. The van der Waals surface area contributed by atoms with Gasteiger partial charge in [-0.2, -0.15) is 0 Å². The molecule has 0 amide bonds. The number of benzene rings is 1. The van der Waals surface area contributed by atoms with Gasteiger partial charge in [-0.25, -0.2) is 9.78 Å². The largest absolute Gasteiger partial charge is 0.419 e. The van der Waals surface area contributed by atoms with Crippen molar-refractivity contribution in [3.63, 3.8) is 0 Å². The number of nitrogens with zero attached hydrogens (tertiary/aromatic N) is 2. The topological polar surface area (TPSA) is 60.1 Å². The highest BCUT2D eigenvalue weighted by Gasteiger charge is 2.06. The average Bonchev–Trinajstić information content (AvgIpc) is 2.68. The van der Waals surface area contributed by atoms with Gasteiger partial charge in [0, 0.05) is 29.5 Å². The highest BCUT2D eigenvalue weighted by atomic mass is 79.9. The van der Waals surface area contributed by atoms with Crippen LogP contribution in [0.3, 0.4) is 0 Å². The van der Waals surface area contributed by atoms with E-state index in [9.17, 15) is 4.79 Å². The Morgan fingerprint density at radius 1 is 1.32 bits per heavy atom. The predicted molar refractivity (Wildman–Crippen MR) is 76.7 cm³/mol. The average molecular weight is 320 g/mol. The number of oxazole rings is 1. The molecule has 0 radical (unpaired) electrons. The van der Waals surface area contributed by atoms with Crippen LogP contribution in [-0.4, -0.2) is 9.55 Å². The molecule has 3 rings (SSSR count). The van der Waals surface area contributed by atoms with E-state index in [0.29, 0.717) is 5.58 Å². The van der Waals surface area contributed by atoms with Crippen molar-refractivity contribution in [2.45, 2.75) is 0 Å². The van der Waals surface area contributed by atoms with E-state index in [1.807, 2.05) is 24.3 Å². The summed E-state index contributed by atoms with van der Waals surface area (Å²) >= 11 is 3.33. The number of aryl methyl sites for hydroxylation is 1. The van der Waals surface area contributed by atoms with Gasteiger partial charge < -0.3 is 9.73 Å². The first-order valence-electron chi connectivity index (χ1n) is 5.61. The van der Waals surface area contributed by atoms with Crippen LogP contribution >= 0.6 is 15.9 Å². The number of fused-ring (bicyclic) bond motifs is 1. The van der Waals surface area contributed by atoms with E-state index in [-0.39, 0.29) is 5.76 Å². The molecule has 5 nitrogen and oxygen atoms in total. The van der Waals surface area contributed by atoms with Gasteiger partial charge in [-0.05, 0) is 40.2 Å². The Kier molecular flexibility index (Phi) is 2.87. The fourth-order valence-electron chi connectivity index (χ4n) is 1.81. The van der Waals surface area contributed by atoms with Gasteiger partial charge in [0.15, 0.2) is 5.58 Å². The van der Waals surface area contributed by atoms with E-state index in [0.717, 1.165) is 21.5 Å². The molecule has 0 aliphatic rings. The van der Waals surface area contributed by atoms with Gasteiger partial charge in [0.1, 0.15) is 5.82 Å². The van der Waals surface area contributed by atoms with Gasteiger partial charge in [0.05, 0.1) is 5.52 Å². The molecule has 1 aromatic carbocycles. The van der Waals surface area contributed by atoms with E-state index in [4.69, 9.17) is 4.42 Å². The van der Waals surface area contributed by atoms with Crippen molar-refractivity contribution >= 4 is 38.5 Å². The molecular weight excluding hydrogens is 310 g/mol. The molecule has 1 N–H and O–H groups in total. The Hall–Kier alpha value is -2.08. The van der Waals surface area contributed by atoms with Gasteiger partial charge in [0.25, 0.3) is 0 Å². The maximum absolute atomic E-state index is 11.4. The summed E-state index contributed by atoms with van der Waals surface area (Å²) < 4.78 is 7.52. The van der Waals surface area contributed by atoms with Crippen molar-refractivity contribution < 1.29 is 4.42 Å². The lowest BCUT2D eigenvalue weighted by atomic mass is 10.3. The van der Waals surface area contributed by atoms with Crippen molar-refractivity contribution in [1.82, 2.24) is 9.55 Å². The SMILES string of the molecule is Cn1c(=O)oc2cc(Nc3ccc(Br)cn3)ccc21. The first-order chi connectivity index (χ1) is 9.13. The molecule has 0 aliphatic heterocycles. The van der Waals surface area contributed by atoms with Crippen LogP contribution in [0.25, 0.3) is 11.1 Å². The number of pyridine rings is 1. The number of rotatable bonds is 2. The van der Waals surface area contributed by atoms with Crippen LogP contribution in [0.15, 0.2) is 50.2 Å². The molecule has 0 spiro atoms. The van der Waals surface area contributed by atoms with Crippen LogP contribution in [0.5, 0.6) is 0 Å². The Morgan fingerprint density at radius 2 is 2.16 bits per heavy atom. The zero-order chi connectivity index (χ0) is 13.4. The van der Waals surface area contributed by atoms with Crippen LogP contribution in [0, 0.1) is 0 Å². The van der Waals surface area contributed by atoms with Gasteiger partial charge >= 0.3 is 5.76 Å². The minimum absolute atomic E-state index is 0.367. The third kappa shape index (κ3) is 2.26. The molecular formula is C13H10BrN3O2. The highest BCUT2D eigenvalue weighted by molar-refractivity contribution is 9.10. The summed E-state index contributed by atoms with van der Waals surface area (Å²) in [7, 11) is 1.68. The number of hydrogen-bond acceptors (Lipinski definition) is 4. The van der Waals surface area contributed by atoms with Gasteiger partial charge in [-0.1, -0.05) is 0 Å². The minimum Gasteiger partial charge on any atom is -0.408 e. The van der Waals surface area contributed by atoms with Crippen molar-refractivity contribution in [2.75, 3.05) is 5.32 Å². The Labute approximate surface area is 117 Å². The van der Waals surface area contributed by atoms with E-state index in [2.05, 4.69) is 26.2 Å². The fraction of sp³-hybridized carbons (Fsp3) is 0.0769. The van der Waals surface area contributed by atoms with Crippen LogP contribution in [0.1, 0.15) is 0 Å². The maximum atomic E-state index is 11.4. The third-order valence-corrected chi connectivity index (χ3v) is 3.26. The van der Waals surface area contributed by atoms with Crippen molar-refractivity contribution in [2.24, 2.45) is 7.05 Å². The maximum Gasteiger partial charge on any atom is 0.419 e. The molecule has 0 aliphatic carbocycles. The third-order valence-electron chi connectivity index (χ3n) is 2.79. The number of halogens is 1. The first-order valence-corrected chi connectivity index (χ1v) is 6.41. The second-order valence-corrected chi connectivity index (χ2v) is 5.01. The van der Waals surface area contributed by atoms with Crippen LogP contribution < -0.4 is 11.1 Å². The predicted octanol–water partition coefficient (Wildman–Crippen LogP) is 3.03. The van der Waals surface area contributed by atoms with Crippen molar-refractivity contribution in [3.8, 4) is 0 Å². The second kappa shape index (κ2) is 4.55. The monoisotopic (exact) mass is 319 g/mol. The molecule has 0 unspecified atom stereocenters. The highest BCUT2D eigenvalue weighted by Crippen LogP contribution is 2.21. The van der Waals surface area contributed by atoms with Crippen LogP contribution in [0.2, 0.25) is 0 Å². The van der Waals surface area contributed by atoms with Gasteiger partial charge in [-0.15, -0.1) is 0 Å². The fourth-order valence-corrected chi connectivity index (χ4v) is 2.04. The molecule has 2 aromatic heterocycles. The van der Waals surface area contributed by atoms with E-state index in [1.54, 1.807) is 19.3 Å². The molecule has 0 fully saturated rings. The van der Waals surface area contributed by atoms with Crippen LogP contribution in [-0.2, 0) is 7.05 Å². The standard InChI is InChI=1S/C13H10BrN3O2/c1-17-10-4-3-9(6-11(10)19-13(17)18)16-12-5-2-8(14)7-15-12/h2-7H,1H3,(H,15,16). The van der Waals surface area contributed by atoms with Gasteiger partial charge in [-0.3, -0.25) is 4.57 Å². The first kappa shape index (κ1) is 12.0. The molecule has 19 heavy (non-hydrogen) atoms. The van der Waals surface area contributed by atoms with Crippen molar-refractivity contribution in [3.05, 3.63) is 51.6 Å².